The first-order valence-corrected chi connectivity index (χ1v) is 7.58. The van der Waals surface area contributed by atoms with E-state index in [-0.39, 0.29) is 0 Å². The molecule has 0 spiro atoms. The third-order valence-electron chi connectivity index (χ3n) is 2.16. The molecule has 1 rings (SSSR count). The minimum Gasteiger partial charge on any atom is -0.329 e. The largest absolute Gasteiger partial charge is 0.368 e. The Hall–Kier alpha value is -0.830. The van der Waals surface area contributed by atoms with E-state index in [1.165, 1.54) is 0 Å². The van der Waals surface area contributed by atoms with E-state index in [4.69, 9.17) is 14.1 Å². The standard InChI is InChI=1S/C12H19O4P/c1-3-5-11-14-17(13,4-2)16-15-12-9-7-6-8-10-12/h6-10H,3-5,11H2,1-2H3. The van der Waals surface area contributed by atoms with Gasteiger partial charge in [0.1, 0.15) is 0 Å². The first-order valence-electron chi connectivity index (χ1n) is 5.85. The van der Waals surface area contributed by atoms with Crippen molar-refractivity contribution in [3.8, 4) is 5.75 Å². The predicted molar refractivity (Wildman–Crippen MR) is 67.2 cm³/mol. The minimum atomic E-state index is -3.12. The maximum Gasteiger partial charge on any atom is 0.368 e. The van der Waals surface area contributed by atoms with Gasteiger partial charge in [0, 0.05) is 0 Å². The van der Waals surface area contributed by atoms with Crippen molar-refractivity contribution in [2.75, 3.05) is 12.8 Å². The lowest BCUT2D eigenvalue weighted by atomic mass is 10.3. The highest BCUT2D eigenvalue weighted by atomic mass is 31.2. The summed E-state index contributed by atoms with van der Waals surface area (Å²) in [7, 11) is -3.12. The molecule has 1 aromatic rings. The molecule has 0 aromatic heterocycles. The van der Waals surface area contributed by atoms with Crippen LogP contribution in [0.4, 0.5) is 0 Å². The van der Waals surface area contributed by atoms with Crippen LogP contribution in [0.15, 0.2) is 30.3 Å². The summed E-state index contributed by atoms with van der Waals surface area (Å²) in [4.78, 5) is 5.00. The Morgan fingerprint density at radius 3 is 2.47 bits per heavy atom. The molecule has 1 aromatic carbocycles. The minimum absolute atomic E-state index is 0.295. The summed E-state index contributed by atoms with van der Waals surface area (Å²) in [5.74, 6) is 0.514. The van der Waals surface area contributed by atoms with Gasteiger partial charge in [0.2, 0.25) is 0 Å². The van der Waals surface area contributed by atoms with Crippen LogP contribution in [0.25, 0.3) is 0 Å². The quantitative estimate of drug-likeness (QED) is 0.305. The lowest BCUT2D eigenvalue weighted by Gasteiger charge is -2.15. The van der Waals surface area contributed by atoms with E-state index in [1.54, 1.807) is 19.1 Å². The summed E-state index contributed by atoms with van der Waals surface area (Å²) >= 11 is 0. The van der Waals surface area contributed by atoms with Gasteiger partial charge in [-0.3, -0.25) is 4.57 Å². The number of hydrogen-bond donors (Lipinski definition) is 0. The summed E-state index contributed by atoms with van der Waals surface area (Å²) in [5, 5.41) is 0. The van der Waals surface area contributed by atoms with Crippen LogP contribution in [-0.2, 0) is 13.8 Å². The molecule has 0 bridgehead atoms. The fourth-order valence-electron chi connectivity index (χ4n) is 1.09. The maximum atomic E-state index is 12.1. The maximum absolute atomic E-state index is 12.1. The van der Waals surface area contributed by atoms with E-state index in [9.17, 15) is 4.57 Å². The lowest BCUT2D eigenvalue weighted by Crippen LogP contribution is -2.02. The molecule has 0 aliphatic rings. The van der Waals surface area contributed by atoms with Crippen LogP contribution in [0.3, 0.4) is 0 Å². The molecule has 0 saturated heterocycles. The number of hydrogen-bond acceptors (Lipinski definition) is 4. The average molecular weight is 258 g/mol. The first kappa shape index (κ1) is 14.2. The molecule has 0 saturated carbocycles. The summed E-state index contributed by atoms with van der Waals surface area (Å²) in [6.07, 6.45) is 2.14. The molecule has 0 radical (unpaired) electrons. The van der Waals surface area contributed by atoms with Crippen LogP contribution in [0.2, 0.25) is 0 Å². The monoisotopic (exact) mass is 258 g/mol. The van der Waals surface area contributed by atoms with Crippen molar-refractivity contribution in [3.63, 3.8) is 0 Å². The Bertz CT molecular complexity index is 353. The van der Waals surface area contributed by atoms with Gasteiger partial charge >= 0.3 is 7.60 Å². The second kappa shape index (κ2) is 7.49. The van der Waals surface area contributed by atoms with Crippen LogP contribution in [0, 0.1) is 0 Å². The predicted octanol–water partition coefficient (Wildman–Crippen LogP) is 4.03. The molecule has 1 unspecified atom stereocenters. The molecule has 17 heavy (non-hydrogen) atoms. The normalized spacial score (nSPS) is 14.2. The number of unbranched alkanes of at least 4 members (excludes halogenated alkanes) is 1. The smallest absolute Gasteiger partial charge is 0.329 e. The highest BCUT2D eigenvalue weighted by Gasteiger charge is 2.24. The lowest BCUT2D eigenvalue weighted by molar-refractivity contribution is -0.112. The second-order valence-electron chi connectivity index (χ2n) is 3.58. The van der Waals surface area contributed by atoms with E-state index in [2.05, 4.69) is 0 Å². The zero-order valence-electron chi connectivity index (χ0n) is 10.3. The van der Waals surface area contributed by atoms with E-state index < -0.39 is 7.60 Å². The molecular formula is C12H19O4P. The molecule has 1 atom stereocenters. The van der Waals surface area contributed by atoms with Crippen LogP contribution < -0.4 is 4.89 Å². The van der Waals surface area contributed by atoms with Crippen molar-refractivity contribution < 1.29 is 18.7 Å². The Morgan fingerprint density at radius 2 is 1.88 bits per heavy atom. The van der Waals surface area contributed by atoms with Gasteiger partial charge in [-0.2, -0.15) is 0 Å². The Kier molecular flexibility index (Phi) is 6.27. The molecule has 0 aliphatic heterocycles. The second-order valence-corrected chi connectivity index (χ2v) is 5.85. The Balaban J connectivity index is 2.43. The van der Waals surface area contributed by atoms with Gasteiger partial charge in [0.05, 0.1) is 12.8 Å². The fourth-order valence-corrected chi connectivity index (χ4v) is 2.03. The Morgan fingerprint density at radius 1 is 1.18 bits per heavy atom. The van der Waals surface area contributed by atoms with Gasteiger partial charge in [0.15, 0.2) is 5.75 Å². The highest BCUT2D eigenvalue weighted by Crippen LogP contribution is 2.48. The van der Waals surface area contributed by atoms with Crippen molar-refractivity contribution in [1.29, 1.82) is 0 Å². The van der Waals surface area contributed by atoms with Crippen molar-refractivity contribution in [3.05, 3.63) is 30.3 Å². The van der Waals surface area contributed by atoms with Gasteiger partial charge < -0.3 is 9.41 Å². The molecule has 0 N–H and O–H groups in total. The fraction of sp³-hybridized carbons (Fsp3) is 0.500. The topological polar surface area (TPSA) is 44.8 Å². The molecule has 4 nitrogen and oxygen atoms in total. The summed E-state index contributed by atoms with van der Waals surface area (Å²) < 4.78 is 22.3. The zero-order valence-corrected chi connectivity index (χ0v) is 11.2. The van der Waals surface area contributed by atoms with Gasteiger partial charge in [-0.15, -0.1) is 0 Å². The van der Waals surface area contributed by atoms with Gasteiger partial charge in [-0.25, -0.2) is 0 Å². The number of benzene rings is 1. The number of para-hydroxylation sites is 1. The van der Waals surface area contributed by atoms with Crippen LogP contribution in [-0.4, -0.2) is 12.8 Å². The summed E-state index contributed by atoms with van der Waals surface area (Å²) in [6.45, 7) is 4.22. The molecule has 96 valence electrons. The SMILES string of the molecule is CCCCOP(=O)(CC)OOc1ccccc1. The Labute approximate surface area is 102 Å². The molecule has 0 fully saturated rings. The first-order chi connectivity index (χ1) is 8.20. The van der Waals surface area contributed by atoms with Crippen molar-refractivity contribution >= 4 is 7.60 Å². The third kappa shape index (κ3) is 5.35. The van der Waals surface area contributed by atoms with E-state index in [1.807, 2.05) is 25.1 Å². The van der Waals surface area contributed by atoms with Crippen molar-refractivity contribution in [2.45, 2.75) is 26.7 Å². The molecule has 0 amide bonds. The molecule has 0 heterocycles. The van der Waals surface area contributed by atoms with Crippen molar-refractivity contribution in [1.82, 2.24) is 0 Å². The average Bonchev–Trinajstić information content (AvgIpc) is 2.38. The number of rotatable bonds is 8. The van der Waals surface area contributed by atoms with Gasteiger partial charge in [0.25, 0.3) is 0 Å². The van der Waals surface area contributed by atoms with E-state index in [0.29, 0.717) is 18.5 Å². The van der Waals surface area contributed by atoms with Gasteiger partial charge in [-0.1, -0.05) is 43.1 Å². The van der Waals surface area contributed by atoms with Crippen LogP contribution in [0.1, 0.15) is 26.7 Å². The van der Waals surface area contributed by atoms with Crippen molar-refractivity contribution in [2.24, 2.45) is 0 Å². The third-order valence-corrected chi connectivity index (χ3v) is 3.82. The van der Waals surface area contributed by atoms with E-state index >= 15 is 0 Å². The molecule has 0 aliphatic carbocycles. The van der Waals surface area contributed by atoms with Crippen LogP contribution >= 0.6 is 7.60 Å². The van der Waals surface area contributed by atoms with E-state index in [0.717, 1.165) is 12.8 Å². The van der Waals surface area contributed by atoms with Gasteiger partial charge in [-0.05, 0) is 18.6 Å². The molecular weight excluding hydrogens is 239 g/mol. The zero-order chi connectivity index (χ0) is 12.6. The molecule has 5 heteroatoms. The van der Waals surface area contributed by atoms with Crippen LogP contribution in [0.5, 0.6) is 5.75 Å². The summed E-state index contributed by atoms with van der Waals surface area (Å²) in [5.41, 5.74) is 0. The highest BCUT2D eigenvalue weighted by molar-refractivity contribution is 7.53. The summed E-state index contributed by atoms with van der Waals surface area (Å²) in [6, 6.07) is 8.95.